The predicted octanol–water partition coefficient (Wildman–Crippen LogP) is 1.81. The van der Waals surface area contributed by atoms with E-state index in [2.05, 4.69) is 13.8 Å². The Hall–Kier alpha value is -1.11. The summed E-state index contributed by atoms with van der Waals surface area (Å²) in [7, 11) is -3.13. The van der Waals surface area contributed by atoms with Crippen molar-refractivity contribution in [1.82, 2.24) is 4.90 Å². The summed E-state index contributed by atoms with van der Waals surface area (Å²) in [5.41, 5.74) is 0.718. The van der Waals surface area contributed by atoms with Crippen molar-refractivity contribution in [3.05, 3.63) is 29.3 Å². The second-order valence-electron chi connectivity index (χ2n) is 6.78. The number of hydrogen-bond acceptors (Lipinski definition) is 4. The summed E-state index contributed by atoms with van der Waals surface area (Å²) in [4.78, 5) is 16.4. The molecule has 2 aliphatic heterocycles. The van der Waals surface area contributed by atoms with E-state index in [-0.39, 0.29) is 36.0 Å². The van der Waals surface area contributed by atoms with Crippen LogP contribution in [-0.2, 0) is 14.6 Å². The molecule has 126 valence electrons. The van der Waals surface area contributed by atoms with Crippen LogP contribution in [0.5, 0.6) is 0 Å². The Morgan fingerprint density at radius 2 is 1.78 bits per heavy atom. The molecule has 1 amide bonds. The Labute approximate surface area is 142 Å². The third kappa shape index (κ3) is 3.39. The first kappa shape index (κ1) is 16.7. The maximum atomic E-state index is 12.7. The minimum absolute atomic E-state index is 0.0284. The van der Waals surface area contributed by atoms with Gasteiger partial charge in [0.25, 0.3) is 0 Å². The summed E-state index contributed by atoms with van der Waals surface area (Å²) in [6.45, 7) is 5.15. The standard InChI is InChI=1S/C16H21ClN2O3S/c1-11(2)7-18-8-16(20)19(13-5-3-12(17)4-6-13)15-10-23(21,22)9-14(15)18/h3-6,11,14-15H,7-10H2,1-2H3/t14-,15-/m0/s1. The maximum Gasteiger partial charge on any atom is 0.241 e. The van der Waals surface area contributed by atoms with Crippen LogP contribution in [0.1, 0.15) is 13.8 Å². The van der Waals surface area contributed by atoms with Crippen molar-refractivity contribution in [2.45, 2.75) is 25.9 Å². The molecule has 2 atom stereocenters. The topological polar surface area (TPSA) is 57.7 Å². The molecule has 0 aromatic heterocycles. The molecule has 0 spiro atoms. The van der Waals surface area contributed by atoms with Gasteiger partial charge in [-0.2, -0.15) is 0 Å². The van der Waals surface area contributed by atoms with E-state index in [9.17, 15) is 13.2 Å². The minimum atomic E-state index is -3.13. The smallest absolute Gasteiger partial charge is 0.241 e. The van der Waals surface area contributed by atoms with Crippen LogP contribution in [0.15, 0.2) is 24.3 Å². The lowest BCUT2D eigenvalue weighted by Crippen LogP contribution is -2.62. The van der Waals surface area contributed by atoms with Crippen LogP contribution in [0.25, 0.3) is 0 Å². The number of benzene rings is 1. The Kier molecular flexibility index (Phi) is 4.42. The second kappa shape index (κ2) is 6.07. The molecule has 0 unspecified atom stereocenters. The third-order valence-electron chi connectivity index (χ3n) is 4.41. The molecule has 0 radical (unpaired) electrons. The van der Waals surface area contributed by atoms with Crippen LogP contribution in [0, 0.1) is 5.92 Å². The number of anilines is 1. The number of hydrogen-bond donors (Lipinski definition) is 0. The van der Waals surface area contributed by atoms with E-state index < -0.39 is 9.84 Å². The highest BCUT2D eigenvalue weighted by Crippen LogP contribution is 2.32. The van der Waals surface area contributed by atoms with Crippen molar-refractivity contribution in [3.63, 3.8) is 0 Å². The lowest BCUT2D eigenvalue weighted by atomic mass is 10.0. The summed E-state index contributed by atoms with van der Waals surface area (Å²) in [5, 5.41) is 0.593. The first-order valence-corrected chi connectivity index (χ1v) is 9.99. The fourth-order valence-corrected chi connectivity index (χ4v) is 5.67. The lowest BCUT2D eigenvalue weighted by Gasteiger charge is -2.44. The van der Waals surface area contributed by atoms with Gasteiger partial charge in [0.15, 0.2) is 9.84 Å². The van der Waals surface area contributed by atoms with Gasteiger partial charge in [-0.3, -0.25) is 9.69 Å². The fraction of sp³-hybridized carbons (Fsp3) is 0.562. The van der Waals surface area contributed by atoms with E-state index in [1.54, 1.807) is 29.2 Å². The molecule has 2 saturated heterocycles. The molecule has 3 rings (SSSR count). The molecule has 23 heavy (non-hydrogen) atoms. The van der Waals surface area contributed by atoms with Gasteiger partial charge in [-0.15, -0.1) is 0 Å². The van der Waals surface area contributed by atoms with Gasteiger partial charge < -0.3 is 4.90 Å². The van der Waals surface area contributed by atoms with Gasteiger partial charge in [0.2, 0.25) is 5.91 Å². The minimum Gasteiger partial charge on any atom is -0.306 e. The number of carbonyl (C=O) groups is 1. The number of carbonyl (C=O) groups excluding carboxylic acids is 1. The Balaban J connectivity index is 1.96. The molecule has 0 saturated carbocycles. The Morgan fingerprint density at radius 3 is 2.39 bits per heavy atom. The molecule has 1 aromatic carbocycles. The van der Waals surface area contributed by atoms with Gasteiger partial charge in [0.05, 0.1) is 24.1 Å². The third-order valence-corrected chi connectivity index (χ3v) is 6.36. The van der Waals surface area contributed by atoms with Crippen molar-refractivity contribution in [1.29, 1.82) is 0 Å². The SMILES string of the molecule is CC(C)CN1CC(=O)N(c2ccc(Cl)cc2)[C@H]2CS(=O)(=O)C[C@@H]21. The first-order chi connectivity index (χ1) is 10.8. The maximum absolute atomic E-state index is 12.7. The molecule has 2 fully saturated rings. The number of piperazine rings is 1. The Bertz CT molecular complexity index is 703. The van der Waals surface area contributed by atoms with Crippen molar-refractivity contribution in [2.24, 2.45) is 5.92 Å². The fourth-order valence-electron chi connectivity index (χ4n) is 3.56. The summed E-state index contributed by atoms with van der Waals surface area (Å²) in [6, 6.07) is 6.56. The van der Waals surface area contributed by atoms with Crippen LogP contribution < -0.4 is 4.90 Å². The van der Waals surface area contributed by atoms with Crippen molar-refractivity contribution in [2.75, 3.05) is 29.5 Å². The van der Waals surface area contributed by atoms with Crippen LogP contribution in [0.2, 0.25) is 5.02 Å². The van der Waals surface area contributed by atoms with E-state index >= 15 is 0 Å². The zero-order valence-corrected chi connectivity index (χ0v) is 14.8. The highest BCUT2D eigenvalue weighted by atomic mass is 35.5. The normalized spacial score (nSPS) is 27.5. The average molecular weight is 357 g/mol. The molecule has 0 N–H and O–H groups in total. The quantitative estimate of drug-likeness (QED) is 0.828. The predicted molar refractivity (Wildman–Crippen MR) is 91.6 cm³/mol. The molecule has 0 aliphatic carbocycles. The summed E-state index contributed by atoms with van der Waals surface area (Å²) in [5.74, 6) is 0.489. The molecular formula is C16H21ClN2O3S. The van der Waals surface area contributed by atoms with Gasteiger partial charge in [-0.1, -0.05) is 25.4 Å². The number of nitrogens with zero attached hydrogens (tertiary/aromatic N) is 2. The van der Waals surface area contributed by atoms with E-state index in [1.165, 1.54) is 0 Å². The van der Waals surface area contributed by atoms with Crippen LogP contribution in [0.3, 0.4) is 0 Å². The zero-order valence-electron chi connectivity index (χ0n) is 13.3. The first-order valence-electron chi connectivity index (χ1n) is 7.79. The summed E-state index contributed by atoms with van der Waals surface area (Å²) < 4.78 is 24.4. The van der Waals surface area contributed by atoms with Crippen LogP contribution in [0.4, 0.5) is 5.69 Å². The summed E-state index contributed by atoms with van der Waals surface area (Å²) >= 11 is 5.92. The van der Waals surface area contributed by atoms with Crippen molar-refractivity contribution >= 4 is 33.0 Å². The molecular weight excluding hydrogens is 336 g/mol. The molecule has 2 heterocycles. The van der Waals surface area contributed by atoms with Gasteiger partial charge in [-0.05, 0) is 30.2 Å². The largest absolute Gasteiger partial charge is 0.306 e. The molecule has 7 heteroatoms. The number of fused-ring (bicyclic) bond motifs is 1. The zero-order chi connectivity index (χ0) is 16.8. The van der Waals surface area contributed by atoms with Gasteiger partial charge in [-0.25, -0.2) is 8.42 Å². The van der Waals surface area contributed by atoms with Gasteiger partial charge in [0, 0.05) is 23.3 Å². The van der Waals surface area contributed by atoms with E-state index in [0.717, 1.165) is 12.2 Å². The summed E-state index contributed by atoms with van der Waals surface area (Å²) in [6.07, 6.45) is 0. The Morgan fingerprint density at radius 1 is 1.17 bits per heavy atom. The van der Waals surface area contributed by atoms with E-state index in [4.69, 9.17) is 11.6 Å². The van der Waals surface area contributed by atoms with Gasteiger partial charge in [0.1, 0.15) is 0 Å². The molecule has 2 aliphatic rings. The van der Waals surface area contributed by atoms with Crippen molar-refractivity contribution < 1.29 is 13.2 Å². The van der Waals surface area contributed by atoms with Crippen LogP contribution >= 0.6 is 11.6 Å². The van der Waals surface area contributed by atoms with Crippen molar-refractivity contribution in [3.8, 4) is 0 Å². The number of halogens is 1. The van der Waals surface area contributed by atoms with Gasteiger partial charge >= 0.3 is 0 Å². The lowest BCUT2D eigenvalue weighted by molar-refractivity contribution is -0.123. The monoisotopic (exact) mass is 356 g/mol. The number of amides is 1. The highest BCUT2D eigenvalue weighted by Gasteiger charge is 2.49. The number of sulfone groups is 1. The molecule has 1 aromatic rings. The van der Waals surface area contributed by atoms with Crippen LogP contribution in [-0.4, -0.2) is 55.9 Å². The number of rotatable bonds is 3. The highest BCUT2D eigenvalue weighted by molar-refractivity contribution is 7.91. The molecule has 5 nitrogen and oxygen atoms in total. The average Bonchev–Trinajstić information content (AvgIpc) is 2.75. The molecule has 0 bridgehead atoms. The van der Waals surface area contributed by atoms with E-state index in [1.807, 2.05) is 4.90 Å². The van der Waals surface area contributed by atoms with E-state index in [0.29, 0.717) is 10.9 Å². The second-order valence-corrected chi connectivity index (χ2v) is 9.37.